The average Bonchev–Trinajstić information content (AvgIpc) is 2.41. The molecule has 0 saturated carbocycles. The van der Waals surface area contributed by atoms with Crippen LogP contribution >= 0.6 is 23.2 Å². The lowest BCUT2D eigenvalue weighted by Gasteiger charge is -2.11. The molecule has 1 aromatic heterocycles. The van der Waals surface area contributed by atoms with Gasteiger partial charge in [0.25, 0.3) is 0 Å². The number of nitrogens with zero attached hydrogens (tertiary/aromatic N) is 1. The maximum Gasteiger partial charge on any atom is 0.132 e. The summed E-state index contributed by atoms with van der Waals surface area (Å²) in [5.74, 6) is 1.53. The van der Waals surface area contributed by atoms with Gasteiger partial charge in [-0.2, -0.15) is 0 Å². The van der Waals surface area contributed by atoms with Crippen LogP contribution in [0.1, 0.15) is 13.3 Å². The Morgan fingerprint density at radius 3 is 2.32 bits per heavy atom. The van der Waals surface area contributed by atoms with E-state index >= 15 is 0 Å². The SMILES string of the molecule is CCCNc1cccc(Nc2c(Cl)cccc2Cl)n1. The fourth-order valence-electron chi connectivity index (χ4n) is 1.60. The molecule has 2 N–H and O–H groups in total. The Morgan fingerprint density at radius 1 is 1.00 bits per heavy atom. The number of para-hydroxylation sites is 1. The van der Waals surface area contributed by atoms with Crippen LogP contribution < -0.4 is 10.6 Å². The Kier molecular flexibility index (Phi) is 4.88. The Hall–Kier alpha value is -1.45. The van der Waals surface area contributed by atoms with Crippen LogP contribution in [0.4, 0.5) is 17.3 Å². The predicted octanol–water partition coefficient (Wildman–Crippen LogP) is 4.95. The third-order valence-electron chi connectivity index (χ3n) is 2.52. The lowest BCUT2D eigenvalue weighted by atomic mass is 10.3. The summed E-state index contributed by atoms with van der Waals surface area (Å²) in [5, 5.41) is 7.52. The highest BCUT2D eigenvalue weighted by molar-refractivity contribution is 6.39. The molecule has 0 saturated heterocycles. The van der Waals surface area contributed by atoms with Gasteiger partial charge in [-0.1, -0.05) is 42.3 Å². The van der Waals surface area contributed by atoms with Gasteiger partial charge in [0.1, 0.15) is 11.6 Å². The first-order valence-electron chi connectivity index (χ1n) is 6.12. The zero-order chi connectivity index (χ0) is 13.7. The Morgan fingerprint density at radius 2 is 1.63 bits per heavy atom. The molecule has 0 unspecified atom stereocenters. The Balaban J connectivity index is 2.19. The van der Waals surface area contributed by atoms with Gasteiger partial charge in [-0.3, -0.25) is 0 Å². The number of hydrogen-bond acceptors (Lipinski definition) is 3. The molecule has 2 aromatic rings. The van der Waals surface area contributed by atoms with E-state index in [-0.39, 0.29) is 0 Å². The van der Waals surface area contributed by atoms with Crippen molar-refractivity contribution >= 4 is 40.5 Å². The minimum absolute atomic E-state index is 0.571. The van der Waals surface area contributed by atoms with E-state index in [1.54, 1.807) is 12.1 Å². The summed E-state index contributed by atoms with van der Waals surface area (Å²) >= 11 is 12.2. The van der Waals surface area contributed by atoms with Gasteiger partial charge in [-0.15, -0.1) is 0 Å². The van der Waals surface area contributed by atoms with Crippen LogP contribution in [0.2, 0.25) is 10.0 Å². The minimum atomic E-state index is 0.571. The average molecular weight is 296 g/mol. The first kappa shape index (κ1) is 14.0. The molecule has 2 rings (SSSR count). The summed E-state index contributed by atoms with van der Waals surface area (Å²) in [6.07, 6.45) is 1.05. The molecule has 0 atom stereocenters. The molecular formula is C14H15Cl2N3. The smallest absolute Gasteiger partial charge is 0.132 e. The molecule has 0 aliphatic carbocycles. The van der Waals surface area contributed by atoms with E-state index in [0.29, 0.717) is 21.6 Å². The number of benzene rings is 1. The number of anilines is 3. The van der Waals surface area contributed by atoms with Crippen LogP contribution in [0.25, 0.3) is 0 Å². The zero-order valence-corrected chi connectivity index (χ0v) is 12.1. The molecule has 0 fully saturated rings. The fraction of sp³-hybridized carbons (Fsp3) is 0.214. The highest BCUT2D eigenvalue weighted by Gasteiger charge is 2.06. The second-order valence-electron chi connectivity index (χ2n) is 4.06. The monoisotopic (exact) mass is 295 g/mol. The molecule has 0 aliphatic heterocycles. The summed E-state index contributed by atoms with van der Waals surface area (Å²) in [4.78, 5) is 4.45. The van der Waals surface area contributed by atoms with Crippen molar-refractivity contribution in [1.29, 1.82) is 0 Å². The summed E-state index contributed by atoms with van der Waals surface area (Å²) in [5.41, 5.74) is 0.672. The maximum absolute atomic E-state index is 6.11. The van der Waals surface area contributed by atoms with Gasteiger partial charge < -0.3 is 10.6 Å². The summed E-state index contributed by atoms with van der Waals surface area (Å²) in [7, 11) is 0. The summed E-state index contributed by atoms with van der Waals surface area (Å²) < 4.78 is 0. The first-order chi connectivity index (χ1) is 9.20. The first-order valence-corrected chi connectivity index (χ1v) is 6.88. The standard InChI is InChI=1S/C14H15Cl2N3/c1-2-9-17-12-7-4-8-13(18-12)19-14-10(15)5-3-6-11(14)16/h3-8H,2,9H2,1H3,(H2,17,18,19). The number of pyridine rings is 1. The molecule has 0 spiro atoms. The maximum atomic E-state index is 6.11. The molecule has 19 heavy (non-hydrogen) atoms. The summed E-state index contributed by atoms with van der Waals surface area (Å²) in [6.45, 7) is 3.00. The van der Waals surface area contributed by atoms with Gasteiger partial charge in [-0.05, 0) is 30.7 Å². The van der Waals surface area contributed by atoms with Gasteiger partial charge in [0.2, 0.25) is 0 Å². The number of rotatable bonds is 5. The van der Waals surface area contributed by atoms with Crippen molar-refractivity contribution in [3.8, 4) is 0 Å². The molecule has 3 nitrogen and oxygen atoms in total. The number of nitrogens with one attached hydrogen (secondary N) is 2. The zero-order valence-electron chi connectivity index (χ0n) is 10.6. The van der Waals surface area contributed by atoms with E-state index in [1.807, 2.05) is 24.3 Å². The predicted molar refractivity (Wildman–Crippen MR) is 82.8 cm³/mol. The quantitative estimate of drug-likeness (QED) is 0.819. The molecule has 1 heterocycles. The van der Waals surface area contributed by atoms with Crippen LogP contribution in [0, 0.1) is 0 Å². The normalized spacial score (nSPS) is 10.3. The molecule has 1 aromatic carbocycles. The molecule has 0 amide bonds. The molecular weight excluding hydrogens is 281 g/mol. The van der Waals surface area contributed by atoms with Gasteiger partial charge in [-0.25, -0.2) is 4.98 Å². The second kappa shape index (κ2) is 6.64. The van der Waals surface area contributed by atoms with Crippen molar-refractivity contribution in [2.75, 3.05) is 17.2 Å². The van der Waals surface area contributed by atoms with Crippen LogP contribution in [0.5, 0.6) is 0 Å². The lowest BCUT2D eigenvalue weighted by molar-refractivity contribution is 0.970. The van der Waals surface area contributed by atoms with Gasteiger partial charge in [0.05, 0.1) is 15.7 Å². The third kappa shape index (κ3) is 3.75. The van der Waals surface area contributed by atoms with Gasteiger partial charge >= 0.3 is 0 Å². The molecule has 0 aliphatic rings. The lowest BCUT2D eigenvalue weighted by Crippen LogP contribution is -2.03. The van der Waals surface area contributed by atoms with Crippen molar-refractivity contribution in [3.05, 3.63) is 46.4 Å². The molecule has 5 heteroatoms. The highest BCUT2D eigenvalue weighted by Crippen LogP contribution is 2.32. The highest BCUT2D eigenvalue weighted by atomic mass is 35.5. The van der Waals surface area contributed by atoms with Crippen LogP contribution in [-0.2, 0) is 0 Å². The van der Waals surface area contributed by atoms with Crippen molar-refractivity contribution in [2.24, 2.45) is 0 Å². The third-order valence-corrected chi connectivity index (χ3v) is 3.15. The number of halogens is 2. The van der Waals surface area contributed by atoms with E-state index in [4.69, 9.17) is 23.2 Å². The van der Waals surface area contributed by atoms with Crippen LogP contribution in [-0.4, -0.2) is 11.5 Å². The van der Waals surface area contributed by atoms with Crippen molar-refractivity contribution in [1.82, 2.24) is 4.98 Å². The largest absolute Gasteiger partial charge is 0.370 e. The van der Waals surface area contributed by atoms with Gasteiger partial charge in [0, 0.05) is 6.54 Å². The Bertz CT molecular complexity index is 538. The fourth-order valence-corrected chi connectivity index (χ4v) is 2.09. The van der Waals surface area contributed by atoms with Crippen molar-refractivity contribution in [3.63, 3.8) is 0 Å². The Labute approximate surface area is 123 Å². The van der Waals surface area contributed by atoms with E-state index in [1.165, 1.54) is 0 Å². The van der Waals surface area contributed by atoms with Crippen LogP contribution in [0.3, 0.4) is 0 Å². The molecule has 100 valence electrons. The van der Waals surface area contributed by atoms with Crippen molar-refractivity contribution in [2.45, 2.75) is 13.3 Å². The van der Waals surface area contributed by atoms with E-state index in [9.17, 15) is 0 Å². The van der Waals surface area contributed by atoms with E-state index < -0.39 is 0 Å². The summed E-state index contributed by atoms with van der Waals surface area (Å²) in [6, 6.07) is 11.1. The topological polar surface area (TPSA) is 37.0 Å². The van der Waals surface area contributed by atoms with Crippen LogP contribution in [0.15, 0.2) is 36.4 Å². The number of hydrogen-bond donors (Lipinski definition) is 2. The van der Waals surface area contributed by atoms with E-state index in [2.05, 4.69) is 22.5 Å². The molecule has 0 bridgehead atoms. The van der Waals surface area contributed by atoms with Crippen molar-refractivity contribution < 1.29 is 0 Å². The number of aromatic nitrogens is 1. The minimum Gasteiger partial charge on any atom is -0.370 e. The van der Waals surface area contributed by atoms with E-state index in [0.717, 1.165) is 18.8 Å². The second-order valence-corrected chi connectivity index (χ2v) is 4.87. The molecule has 0 radical (unpaired) electrons. The van der Waals surface area contributed by atoms with Gasteiger partial charge in [0.15, 0.2) is 0 Å².